The molecule has 1 aromatic heterocycles. The van der Waals surface area contributed by atoms with Gasteiger partial charge in [0.25, 0.3) is 0 Å². The lowest BCUT2D eigenvalue weighted by Crippen LogP contribution is -2.08. The number of fused-ring (bicyclic) bond motifs is 1. The molecule has 0 radical (unpaired) electrons. The van der Waals surface area contributed by atoms with Crippen molar-refractivity contribution in [1.82, 2.24) is 0 Å². The summed E-state index contributed by atoms with van der Waals surface area (Å²) in [5, 5.41) is 0. The molecule has 0 aromatic carbocycles. The van der Waals surface area contributed by atoms with Crippen LogP contribution in [0.5, 0.6) is 11.5 Å². The number of carbonyl (C=O) groups is 1. The largest absolute Gasteiger partial charge is 0.501 e. The number of hydrogen-bond acceptors (Lipinski definition) is 6. The van der Waals surface area contributed by atoms with Gasteiger partial charge >= 0.3 is 10.4 Å². The maximum atomic E-state index is 10.6. The van der Waals surface area contributed by atoms with E-state index in [-0.39, 0.29) is 17.3 Å². The molecule has 2 heterocycles. The molecule has 0 bridgehead atoms. The van der Waals surface area contributed by atoms with Crippen molar-refractivity contribution in [3.8, 4) is 11.5 Å². The highest BCUT2D eigenvalue weighted by atomic mass is 32.3. The van der Waals surface area contributed by atoms with Crippen LogP contribution in [-0.4, -0.2) is 14.7 Å². The molecule has 0 aliphatic carbocycles. The summed E-state index contributed by atoms with van der Waals surface area (Å²) in [5.41, 5.74) is 0. The zero-order valence-electron chi connectivity index (χ0n) is 5.51. The predicted molar refractivity (Wildman–Crippen MR) is 34.3 cm³/mol. The van der Waals surface area contributed by atoms with Gasteiger partial charge in [0, 0.05) is 0 Å². The van der Waals surface area contributed by atoms with Gasteiger partial charge < -0.3 is 12.8 Å². The van der Waals surface area contributed by atoms with Gasteiger partial charge in [0.2, 0.25) is 17.3 Å². The van der Waals surface area contributed by atoms with Gasteiger partial charge in [0.1, 0.15) is 6.26 Å². The molecule has 0 N–H and O–H groups in total. The first-order chi connectivity index (χ1) is 5.62. The van der Waals surface area contributed by atoms with Crippen molar-refractivity contribution < 1.29 is 26.0 Å². The van der Waals surface area contributed by atoms with Gasteiger partial charge in [0.05, 0.1) is 0 Å². The summed E-state index contributed by atoms with van der Waals surface area (Å²) >= 11 is 0. The summed E-state index contributed by atoms with van der Waals surface area (Å²) in [5.74, 6) is -0.492. The number of aldehydes is 1. The van der Waals surface area contributed by atoms with Gasteiger partial charge in [-0.2, -0.15) is 0 Å². The third-order valence-corrected chi connectivity index (χ3v) is 1.98. The topological polar surface area (TPSA) is 82.8 Å². The van der Waals surface area contributed by atoms with E-state index in [1.54, 1.807) is 0 Å². The van der Waals surface area contributed by atoms with Crippen LogP contribution in [0.1, 0.15) is 10.6 Å². The molecule has 6 nitrogen and oxygen atoms in total. The summed E-state index contributed by atoms with van der Waals surface area (Å²) in [6.07, 6.45) is 1.33. The Balaban J connectivity index is 2.57. The Morgan fingerprint density at radius 1 is 1.33 bits per heavy atom. The van der Waals surface area contributed by atoms with Crippen LogP contribution in [0.3, 0.4) is 0 Å². The minimum absolute atomic E-state index is 0.0999. The standard InChI is InChI=1S/C5H2O6S/c6-1-3-5-4(2-9-3)10-12(7,8)11-5/h1-2H. The summed E-state index contributed by atoms with van der Waals surface area (Å²) in [7, 11) is -4.01. The lowest BCUT2D eigenvalue weighted by molar-refractivity contribution is 0.109. The predicted octanol–water partition coefficient (Wildman–Crippen LogP) is 0.108. The molecule has 1 aliphatic rings. The van der Waals surface area contributed by atoms with E-state index < -0.39 is 10.4 Å². The molecule has 0 saturated heterocycles. The molecule has 64 valence electrons. The van der Waals surface area contributed by atoms with E-state index in [2.05, 4.69) is 12.8 Å². The Morgan fingerprint density at radius 2 is 2.08 bits per heavy atom. The SMILES string of the molecule is O=Cc1occ2c1OS(=O)(=O)O2. The summed E-state index contributed by atoms with van der Waals surface area (Å²) in [6.45, 7) is 0. The average molecular weight is 190 g/mol. The third-order valence-electron chi connectivity index (χ3n) is 1.22. The van der Waals surface area contributed by atoms with Crippen LogP contribution in [-0.2, 0) is 10.4 Å². The Labute approximate surface area is 67.0 Å². The molecular weight excluding hydrogens is 188 g/mol. The van der Waals surface area contributed by atoms with Gasteiger partial charge in [-0.15, -0.1) is 8.42 Å². The Kier molecular flexibility index (Phi) is 1.20. The first-order valence-corrected chi connectivity index (χ1v) is 4.16. The fraction of sp³-hybridized carbons (Fsp3) is 0. The quantitative estimate of drug-likeness (QED) is 0.584. The van der Waals surface area contributed by atoms with Gasteiger partial charge in [0.15, 0.2) is 6.29 Å². The maximum absolute atomic E-state index is 10.6. The van der Waals surface area contributed by atoms with Crippen LogP contribution in [0.4, 0.5) is 0 Å². The number of rotatable bonds is 1. The minimum Gasteiger partial charge on any atom is -0.453 e. The van der Waals surface area contributed by atoms with Gasteiger partial charge in [-0.25, -0.2) is 0 Å². The molecule has 0 spiro atoms. The highest BCUT2D eigenvalue weighted by Crippen LogP contribution is 2.39. The first kappa shape index (κ1) is 7.17. The normalized spacial score (nSPS) is 17.7. The van der Waals surface area contributed by atoms with Crippen LogP contribution < -0.4 is 8.37 Å². The molecule has 0 atom stereocenters. The second kappa shape index (κ2) is 2.01. The molecule has 2 rings (SSSR count). The van der Waals surface area contributed by atoms with Gasteiger partial charge in [-0.05, 0) is 0 Å². The van der Waals surface area contributed by atoms with E-state index in [0.717, 1.165) is 6.26 Å². The fourth-order valence-corrected chi connectivity index (χ4v) is 1.53. The number of carbonyl (C=O) groups excluding carboxylic acids is 1. The highest BCUT2D eigenvalue weighted by Gasteiger charge is 2.33. The van der Waals surface area contributed by atoms with Crippen LogP contribution in [0.25, 0.3) is 0 Å². The Hall–Kier alpha value is -1.50. The summed E-state index contributed by atoms with van der Waals surface area (Å²) in [4.78, 5) is 10.2. The molecule has 12 heavy (non-hydrogen) atoms. The van der Waals surface area contributed by atoms with Crippen LogP contribution in [0, 0.1) is 0 Å². The molecule has 0 fully saturated rings. The van der Waals surface area contributed by atoms with Crippen molar-refractivity contribution in [2.75, 3.05) is 0 Å². The molecule has 0 saturated carbocycles. The van der Waals surface area contributed by atoms with E-state index in [1.807, 2.05) is 0 Å². The molecular formula is C5H2O6S. The second-order valence-corrected chi connectivity index (χ2v) is 3.14. The Morgan fingerprint density at radius 3 is 2.75 bits per heavy atom. The lowest BCUT2D eigenvalue weighted by atomic mass is 10.4. The lowest BCUT2D eigenvalue weighted by Gasteiger charge is -1.90. The maximum Gasteiger partial charge on any atom is 0.501 e. The molecule has 1 aliphatic heterocycles. The third kappa shape index (κ3) is 0.866. The number of furan rings is 1. The van der Waals surface area contributed by atoms with Crippen molar-refractivity contribution in [3.63, 3.8) is 0 Å². The summed E-state index contributed by atoms with van der Waals surface area (Å²) < 4.78 is 34.4. The van der Waals surface area contributed by atoms with Crippen molar-refractivity contribution in [2.45, 2.75) is 0 Å². The summed E-state index contributed by atoms with van der Waals surface area (Å²) in [6, 6.07) is 0. The van der Waals surface area contributed by atoms with Gasteiger partial charge in [-0.3, -0.25) is 4.79 Å². The first-order valence-electron chi connectivity index (χ1n) is 2.83. The van der Waals surface area contributed by atoms with Gasteiger partial charge in [-0.1, -0.05) is 0 Å². The molecule has 0 unspecified atom stereocenters. The Bertz CT molecular complexity index is 427. The smallest absolute Gasteiger partial charge is 0.453 e. The second-order valence-electron chi connectivity index (χ2n) is 1.99. The zero-order chi connectivity index (χ0) is 8.77. The van der Waals surface area contributed by atoms with E-state index in [4.69, 9.17) is 0 Å². The van der Waals surface area contributed by atoms with Crippen molar-refractivity contribution in [2.24, 2.45) is 0 Å². The minimum atomic E-state index is -4.01. The van der Waals surface area contributed by atoms with E-state index in [9.17, 15) is 13.2 Å². The van der Waals surface area contributed by atoms with Crippen molar-refractivity contribution in [3.05, 3.63) is 12.0 Å². The zero-order valence-corrected chi connectivity index (χ0v) is 6.33. The van der Waals surface area contributed by atoms with Crippen molar-refractivity contribution in [1.29, 1.82) is 0 Å². The average Bonchev–Trinajstić information content (AvgIpc) is 2.42. The van der Waals surface area contributed by atoms with Crippen LogP contribution >= 0.6 is 0 Å². The fourth-order valence-electron chi connectivity index (χ4n) is 0.795. The van der Waals surface area contributed by atoms with E-state index in [1.165, 1.54) is 0 Å². The number of hydrogen-bond donors (Lipinski definition) is 0. The van der Waals surface area contributed by atoms with E-state index >= 15 is 0 Å². The monoisotopic (exact) mass is 190 g/mol. The van der Waals surface area contributed by atoms with Crippen LogP contribution in [0.15, 0.2) is 10.7 Å². The van der Waals surface area contributed by atoms with E-state index in [0.29, 0.717) is 6.29 Å². The highest BCUT2D eigenvalue weighted by molar-refractivity contribution is 7.82. The van der Waals surface area contributed by atoms with Crippen LogP contribution in [0.2, 0.25) is 0 Å². The molecule has 7 heteroatoms. The molecule has 1 aromatic rings. The molecule has 0 amide bonds. The van der Waals surface area contributed by atoms with Crippen molar-refractivity contribution >= 4 is 16.7 Å².